The van der Waals surface area contributed by atoms with E-state index in [1.165, 1.54) is 42.5 Å². The maximum absolute atomic E-state index is 14.0. The third-order valence-corrected chi connectivity index (χ3v) is 4.04. The summed E-state index contributed by atoms with van der Waals surface area (Å²) in [6, 6.07) is 11.1. The lowest BCUT2D eigenvalue weighted by molar-refractivity contribution is -0.138. The Kier molecular flexibility index (Phi) is 5.03. The van der Waals surface area contributed by atoms with Crippen LogP contribution in [0.25, 0.3) is 11.3 Å². The molecule has 0 saturated heterocycles. The van der Waals surface area contributed by atoms with Crippen molar-refractivity contribution >= 4 is 6.29 Å². The molecule has 3 rings (SSSR count). The van der Waals surface area contributed by atoms with E-state index in [1.807, 2.05) is 0 Å². The Morgan fingerprint density at radius 1 is 0.926 bits per heavy atom. The molecule has 0 aliphatic heterocycles. The predicted octanol–water partition coefficient (Wildman–Crippen LogP) is 5.45. The van der Waals surface area contributed by atoms with Gasteiger partial charge in [0.2, 0.25) is 0 Å². The highest BCUT2D eigenvalue weighted by Crippen LogP contribution is 2.33. The first-order chi connectivity index (χ1) is 12.8. The number of nitrogens with zero attached hydrogens (tertiary/aromatic N) is 1. The number of halogens is 5. The van der Waals surface area contributed by atoms with Crippen LogP contribution in [-0.2, 0) is 12.6 Å². The Morgan fingerprint density at radius 2 is 1.67 bits per heavy atom. The first kappa shape index (κ1) is 18.7. The molecule has 138 valence electrons. The van der Waals surface area contributed by atoms with Crippen LogP contribution in [0.3, 0.4) is 0 Å². The molecule has 1 aromatic heterocycles. The second-order valence-electron chi connectivity index (χ2n) is 5.78. The molecule has 0 bridgehead atoms. The number of aromatic nitrogens is 1. The molecule has 7 heteroatoms. The fourth-order valence-electron chi connectivity index (χ4n) is 2.74. The molecular weight excluding hydrogens is 365 g/mol. The summed E-state index contributed by atoms with van der Waals surface area (Å²) in [5, 5.41) is 0. The van der Waals surface area contributed by atoms with Gasteiger partial charge in [-0.1, -0.05) is 24.3 Å². The Morgan fingerprint density at radius 3 is 2.37 bits per heavy atom. The molecule has 0 N–H and O–H groups in total. The SMILES string of the molecule is O=Cc1ccc(-c2cccc(F)c2F)nc1Cc1ccccc1C(F)(F)F. The van der Waals surface area contributed by atoms with Gasteiger partial charge in [-0.15, -0.1) is 0 Å². The lowest BCUT2D eigenvalue weighted by atomic mass is 9.99. The maximum Gasteiger partial charge on any atom is 0.416 e. The summed E-state index contributed by atoms with van der Waals surface area (Å²) < 4.78 is 67.1. The van der Waals surface area contributed by atoms with Crippen molar-refractivity contribution in [3.63, 3.8) is 0 Å². The van der Waals surface area contributed by atoms with Crippen molar-refractivity contribution in [3.05, 3.63) is 88.6 Å². The summed E-state index contributed by atoms with van der Waals surface area (Å²) in [4.78, 5) is 15.4. The first-order valence-corrected chi connectivity index (χ1v) is 7.86. The van der Waals surface area contributed by atoms with Crippen LogP contribution in [0.5, 0.6) is 0 Å². The van der Waals surface area contributed by atoms with Crippen molar-refractivity contribution in [2.45, 2.75) is 12.6 Å². The van der Waals surface area contributed by atoms with Crippen LogP contribution in [0.4, 0.5) is 22.0 Å². The van der Waals surface area contributed by atoms with Crippen LogP contribution in [0.15, 0.2) is 54.6 Å². The number of rotatable bonds is 4. The van der Waals surface area contributed by atoms with Gasteiger partial charge in [-0.25, -0.2) is 8.78 Å². The molecule has 1 heterocycles. The molecule has 0 radical (unpaired) electrons. The van der Waals surface area contributed by atoms with Gasteiger partial charge in [0, 0.05) is 17.5 Å². The van der Waals surface area contributed by atoms with E-state index in [2.05, 4.69) is 4.98 Å². The van der Waals surface area contributed by atoms with Crippen molar-refractivity contribution < 1.29 is 26.7 Å². The van der Waals surface area contributed by atoms with E-state index in [0.29, 0.717) is 6.29 Å². The third kappa shape index (κ3) is 3.86. The third-order valence-electron chi connectivity index (χ3n) is 4.04. The fourth-order valence-corrected chi connectivity index (χ4v) is 2.74. The molecule has 0 unspecified atom stereocenters. The van der Waals surface area contributed by atoms with Gasteiger partial charge in [0.05, 0.1) is 17.0 Å². The molecule has 2 aromatic carbocycles. The molecule has 0 atom stereocenters. The molecule has 0 spiro atoms. The summed E-state index contributed by atoms with van der Waals surface area (Å²) >= 11 is 0. The van der Waals surface area contributed by atoms with E-state index >= 15 is 0 Å². The second kappa shape index (κ2) is 7.26. The van der Waals surface area contributed by atoms with Gasteiger partial charge in [-0.05, 0) is 35.9 Å². The first-order valence-electron chi connectivity index (χ1n) is 7.86. The highest BCUT2D eigenvalue weighted by Gasteiger charge is 2.33. The number of carbonyl (C=O) groups is 1. The van der Waals surface area contributed by atoms with E-state index < -0.39 is 23.4 Å². The zero-order valence-corrected chi connectivity index (χ0v) is 13.7. The number of carbonyl (C=O) groups excluding carboxylic acids is 1. The van der Waals surface area contributed by atoms with Gasteiger partial charge in [0.1, 0.15) is 0 Å². The van der Waals surface area contributed by atoms with Crippen molar-refractivity contribution in [2.75, 3.05) is 0 Å². The van der Waals surface area contributed by atoms with Crippen LogP contribution in [0.2, 0.25) is 0 Å². The van der Waals surface area contributed by atoms with Crippen molar-refractivity contribution in [2.24, 2.45) is 0 Å². The topological polar surface area (TPSA) is 30.0 Å². The highest BCUT2D eigenvalue weighted by atomic mass is 19.4. The standard InChI is InChI=1S/C20H12F5NO/c21-16-7-3-5-14(19(16)22)17-9-8-13(11-27)18(26-17)10-12-4-1-2-6-15(12)20(23,24)25/h1-9,11H,10H2. The predicted molar refractivity (Wildman–Crippen MR) is 89.2 cm³/mol. The monoisotopic (exact) mass is 377 g/mol. The minimum absolute atomic E-state index is 0.0251. The summed E-state index contributed by atoms with van der Waals surface area (Å²) in [7, 11) is 0. The van der Waals surface area contributed by atoms with Crippen molar-refractivity contribution in [1.82, 2.24) is 4.98 Å². The Bertz CT molecular complexity index is 998. The van der Waals surface area contributed by atoms with E-state index in [-0.39, 0.29) is 34.5 Å². The van der Waals surface area contributed by atoms with Gasteiger partial charge in [-0.3, -0.25) is 9.78 Å². The normalized spacial score (nSPS) is 11.4. The van der Waals surface area contributed by atoms with E-state index in [1.54, 1.807) is 0 Å². The van der Waals surface area contributed by atoms with Crippen LogP contribution in [-0.4, -0.2) is 11.3 Å². The molecule has 0 amide bonds. The molecule has 27 heavy (non-hydrogen) atoms. The molecule has 0 aliphatic rings. The van der Waals surface area contributed by atoms with Crippen LogP contribution < -0.4 is 0 Å². The van der Waals surface area contributed by atoms with Gasteiger partial charge in [0.25, 0.3) is 0 Å². The van der Waals surface area contributed by atoms with Gasteiger partial charge in [0.15, 0.2) is 17.9 Å². The van der Waals surface area contributed by atoms with Crippen molar-refractivity contribution in [3.8, 4) is 11.3 Å². The fraction of sp³-hybridized carbons (Fsp3) is 0.100. The van der Waals surface area contributed by atoms with Crippen molar-refractivity contribution in [1.29, 1.82) is 0 Å². The summed E-state index contributed by atoms with van der Waals surface area (Å²) in [5.74, 6) is -2.19. The van der Waals surface area contributed by atoms with Crippen LogP contribution in [0.1, 0.15) is 27.2 Å². The van der Waals surface area contributed by atoms with E-state index in [4.69, 9.17) is 0 Å². The number of hydrogen-bond acceptors (Lipinski definition) is 2. The number of hydrogen-bond donors (Lipinski definition) is 0. The van der Waals surface area contributed by atoms with E-state index in [0.717, 1.165) is 12.1 Å². The molecule has 0 saturated carbocycles. The van der Waals surface area contributed by atoms with Crippen LogP contribution >= 0.6 is 0 Å². The minimum atomic E-state index is -4.57. The molecule has 0 fully saturated rings. The van der Waals surface area contributed by atoms with Gasteiger partial charge >= 0.3 is 6.18 Å². The van der Waals surface area contributed by atoms with E-state index in [9.17, 15) is 26.7 Å². The second-order valence-corrected chi connectivity index (χ2v) is 5.78. The van der Waals surface area contributed by atoms with Gasteiger partial charge in [-0.2, -0.15) is 13.2 Å². The number of alkyl halides is 3. The number of aldehydes is 1. The molecule has 2 nitrogen and oxygen atoms in total. The van der Waals surface area contributed by atoms with Crippen LogP contribution in [0, 0.1) is 11.6 Å². The summed E-state index contributed by atoms with van der Waals surface area (Å²) in [6.07, 6.45) is -4.39. The lowest BCUT2D eigenvalue weighted by Crippen LogP contribution is -2.10. The quantitative estimate of drug-likeness (QED) is 0.447. The zero-order chi connectivity index (χ0) is 19.6. The smallest absolute Gasteiger partial charge is 0.298 e. The largest absolute Gasteiger partial charge is 0.416 e. The number of benzene rings is 2. The zero-order valence-electron chi connectivity index (χ0n) is 13.7. The summed E-state index contributed by atoms with van der Waals surface area (Å²) in [6.45, 7) is 0. The average molecular weight is 377 g/mol. The summed E-state index contributed by atoms with van der Waals surface area (Å²) in [5.41, 5.74) is -0.909. The lowest BCUT2D eigenvalue weighted by Gasteiger charge is -2.14. The van der Waals surface area contributed by atoms with Gasteiger partial charge < -0.3 is 0 Å². The highest BCUT2D eigenvalue weighted by molar-refractivity contribution is 5.78. The maximum atomic E-state index is 14.0. The Labute approximate surface area is 151 Å². The Hall–Kier alpha value is -3.09. The minimum Gasteiger partial charge on any atom is -0.298 e. The Balaban J connectivity index is 2.09. The molecule has 0 aliphatic carbocycles. The average Bonchev–Trinajstić information content (AvgIpc) is 2.63. The molecule has 3 aromatic rings. The number of pyridine rings is 1. The molecular formula is C20H12F5NO.